The van der Waals surface area contributed by atoms with Crippen molar-refractivity contribution >= 4 is 15.9 Å². The van der Waals surface area contributed by atoms with Crippen molar-refractivity contribution in [2.24, 2.45) is 0 Å². The second kappa shape index (κ2) is 9.88. The van der Waals surface area contributed by atoms with E-state index >= 15 is 0 Å². The van der Waals surface area contributed by atoms with Crippen molar-refractivity contribution in [2.75, 3.05) is 59.1 Å². The number of rotatable bonds is 8. The van der Waals surface area contributed by atoms with Crippen molar-refractivity contribution in [1.29, 1.82) is 0 Å². The molecule has 2 heterocycles. The van der Waals surface area contributed by atoms with Gasteiger partial charge in [0.25, 0.3) is 0 Å². The minimum atomic E-state index is -3.59. The molecular formula is C20H31N3O5S. The van der Waals surface area contributed by atoms with Crippen LogP contribution < -0.4 is 4.74 Å². The van der Waals surface area contributed by atoms with Crippen LogP contribution in [0.2, 0.25) is 0 Å². The summed E-state index contributed by atoms with van der Waals surface area (Å²) in [5, 5.41) is 0. The molecule has 0 radical (unpaired) electrons. The van der Waals surface area contributed by atoms with E-state index in [0.29, 0.717) is 38.4 Å². The zero-order chi connectivity index (χ0) is 20.9. The van der Waals surface area contributed by atoms with Crippen LogP contribution in [0.15, 0.2) is 29.2 Å². The minimum absolute atomic E-state index is 0.0106. The van der Waals surface area contributed by atoms with Crippen LogP contribution in [0.1, 0.15) is 20.3 Å². The number of hydrogen-bond donors (Lipinski definition) is 0. The van der Waals surface area contributed by atoms with Crippen LogP contribution in [0.25, 0.3) is 0 Å². The molecule has 1 aromatic carbocycles. The monoisotopic (exact) mass is 425 g/mol. The van der Waals surface area contributed by atoms with Gasteiger partial charge < -0.3 is 14.4 Å². The van der Waals surface area contributed by atoms with E-state index in [4.69, 9.17) is 9.47 Å². The van der Waals surface area contributed by atoms with Crippen molar-refractivity contribution in [2.45, 2.75) is 31.2 Å². The fraction of sp³-hybridized carbons (Fsp3) is 0.650. The number of nitrogens with zero attached hydrogens (tertiary/aromatic N) is 3. The first-order chi connectivity index (χ1) is 13.9. The highest BCUT2D eigenvalue weighted by atomic mass is 32.2. The summed E-state index contributed by atoms with van der Waals surface area (Å²) in [5.74, 6) is 0.639. The topological polar surface area (TPSA) is 79.4 Å². The second-order valence-corrected chi connectivity index (χ2v) is 9.31. The summed E-state index contributed by atoms with van der Waals surface area (Å²) in [4.78, 5) is 16.6. The number of ether oxygens (including phenoxy) is 2. The van der Waals surface area contributed by atoms with Crippen molar-refractivity contribution in [3.63, 3.8) is 0 Å². The summed E-state index contributed by atoms with van der Waals surface area (Å²) >= 11 is 0. The first-order valence-electron chi connectivity index (χ1n) is 10.2. The van der Waals surface area contributed by atoms with E-state index in [-0.39, 0.29) is 16.8 Å². The van der Waals surface area contributed by atoms with Gasteiger partial charge in [-0.05, 0) is 37.6 Å². The second-order valence-electron chi connectivity index (χ2n) is 7.38. The van der Waals surface area contributed by atoms with Gasteiger partial charge in [0.1, 0.15) is 5.75 Å². The molecule has 0 spiro atoms. The van der Waals surface area contributed by atoms with Crippen LogP contribution in [0.5, 0.6) is 5.75 Å². The van der Waals surface area contributed by atoms with E-state index in [0.717, 1.165) is 32.8 Å². The Hall–Kier alpha value is -1.68. The number of sulfonamides is 1. The summed E-state index contributed by atoms with van der Waals surface area (Å²) in [6, 6.07) is 6.41. The summed E-state index contributed by atoms with van der Waals surface area (Å²) in [6.07, 6.45) is 0.652. The van der Waals surface area contributed by atoms with Crippen LogP contribution in [0, 0.1) is 0 Å². The van der Waals surface area contributed by atoms with Crippen molar-refractivity contribution in [3.8, 4) is 5.75 Å². The third-order valence-corrected chi connectivity index (χ3v) is 7.38. The molecule has 3 rings (SSSR count). The molecular weight excluding hydrogens is 394 g/mol. The van der Waals surface area contributed by atoms with E-state index < -0.39 is 10.0 Å². The van der Waals surface area contributed by atoms with Gasteiger partial charge in [-0.3, -0.25) is 9.69 Å². The maximum Gasteiger partial charge on any atom is 0.243 e. The van der Waals surface area contributed by atoms with Crippen LogP contribution >= 0.6 is 0 Å². The molecule has 9 heteroatoms. The van der Waals surface area contributed by atoms with Gasteiger partial charge >= 0.3 is 0 Å². The standard InChI is InChI=1S/C20H31N3O5S/c1-3-28-19-4-6-20(7-5-19)29(25,26)22-9-8-18(16-22)23(17(2)24)11-10-21-12-14-27-15-13-21/h4-7,18H,3,8-16H2,1-2H3. The smallest absolute Gasteiger partial charge is 0.243 e. The Morgan fingerprint density at radius 3 is 2.52 bits per heavy atom. The number of carbonyl (C=O) groups excluding carboxylic acids is 1. The molecule has 1 aromatic rings. The fourth-order valence-corrected chi connectivity index (χ4v) is 5.37. The molecule has 0 saturated carbocycles. The fourth-order valence-electron chi connectivity index (χ4n) is 3.88. The van der Waals surface area contributed by atoms with Gasteiger partial charge in [0, 0.05) is 52.2 Å². The van der Waals surface area contributed by atoms with Crippen LogP contribution in [0.4, 0.5) is 0 Å². The third-order valence-electron chi connectivity index (χ3n) is 5.50. The van der Waals surface area contributed by atoms with Gasteiger partial charge in [-0.2, -0.15) is 4.31 Å². The molecule has 8 nitrogen and oxygen atoms in total. The van der Waals surface area contributed by atoms with E-state index in [1.807, 2.05) is 11.8 Å². The zero-order valence-corrected chi connectivity index (χ0v) is 18.1. The number of benzene rings is 1. The maximum absolute atomic E-state index is 13.0. The molecule has 0 N–H and O–H groups in total. The number of morpholine rings is 1. The van der Waals surface area contributed by atoms with Crippen molar-refractivity contribution in [1.82, 2.24) is 14.1 Å². The Bertz CT molecular complexity index is 778. The van der Waals surface area contributed by atoms with Crippen LogP contribution in [-0.2, 0) is 19.6 Å². The predicted octanol–water partition coefficient (Wildman–Crippen LogP) is 1.03. The maximum atomic E-state index is 13.0. The molecule has 0 aliphatic carbocycles. The highest BCUT2D eigenvalue weighted by Gasteiger charge is 2.36. The van der Waals surface area contributed by atoms with Gasteiger partial charge in [0.2, 0.25) is 15.9 Å². The zero-order valence-electron chi connectivity index (χ0n) is 17.2. The lowest BCUT2D eigenvalue weighted by Gasteiger charge is -2.32. The predicted molar refractivity (Wildman–Crippen MR) is 109 cm³/mol. The normalized spacial score (nSPS) is 21.2. The summed E-state index contributed by atoms with van der Waals surface area (Å²) in [5.41, 5.74) is 0. The largest absolute Gasteiger partial charge is 0.494 e. The number of amides is 1. The van der Waals surface area contributed by atoms with Gasteiger partial charge in [-0.15, -0.1) is 0 Å². The Balaban J connectivity index is 1.62. The van der Waals surface area contributed by atoms with Crippen molar-refractivity contribution in [3.05, 3.63) is 24.3 Å². The van der Waals surface area contributed by atoms with Gasteiger partial charge in [-0.1, -0.05) is 0 Å². The minimum Gasteiger partial charge on any atom is -0.494 e. The summed E-state index contributed by atoms with van der Waals surface area (Å²) in [7, 11) is -3.59. The molecule has 1 amide bonds. The number of hydrogen-bond acceptors (Lipinski definition) is 6. The lowest BCUT2D eigenvalue weighted by Crippen LogP contribution is -2.47. The Morgan fingerprint density at radius 2 is 1.90 bits per heavy atom. The molecule has 2 fully saturated rings. The van der Waals surface area contributed by atoms with E-state index in [1.54, 1.807) is 31.2 Å². The molecule has 0 bridgehead atoms. The molecule has 162 valence electrons. The van der Waals surface area contributed by atoms with Gasteiger partial charge in [-0.25, -0.2) is 8.42 Å². The highest BCUT2D eigenvalue weighted by molar-refractivity contribution is 7.89. The first-order valence-corrected chi connectivity index (χ1v) is 11.7. The summed E-state index contributed by atoms with van der Waals surface area (Å²) < 4.78 is 38.2. The Kier molecular flexibility index (Phi) is 7.50. The lowest BCUT2D eigenvalue weighted by molar-refractivity contribution is -0.131. The van der Waals surface area contributed by atoms with Gasteiger partial charge in [0.05, 0.1) is 24.7 Å². The average molecular weight is 426 g/mol. The molecule has 1 unspecified atom stereocenters. The van der Waals surface area contributed by atoms with Gasteiger partial charge in [0.15, 0.2) is 0 Å². The SMILES string of the molecule is CCOc1ccc(S(=O)(=O)N2CCC(N(CCN3CCOCC3)C(C)=O)C2)cc1. The molecule has 29 heavy (non-hydrogen) atoms. The van der Waals surface area contributed by atoms with Crippen LogP contribution in [0.3, 0.4) is 0 Å². The van der Waals surface area contributed by atoms with E-state index in [1.165, 1.54) is 4.31 Å². The first kappa shape index (κ1) is 22.0. The number of carbonyl (C=O) groups is 1. The Morgan fingerprint density at radius 1 is 1.21 bits per heavy atom. The Labute approximate surface area is 173 Å². The van der Waals surface area contributed by atoms with E-state index in [2.05, 4.69) is 4.90 Å². The molecule has 2 aliphatic rings. The highest BCUT2D eigenvalue weighted by Crippen LogP contribution is 2.25. The third kappa shape index (κ3) is 5.48. The van der Waals surface area contributed by atoms with Crippen LogP contribution in [-0.4, -0.2) is 93.6 Å². The molecule has 1 atom stereocenters. The van der Waals surface area contributed by atoms with E-state index in [9.17, 15) is 13.2 Å². The lowest BCUT2D eigenvalue weighted by atomic mass is 10.2. The quantitative estimate of drug-likeness (QED) is 0.619. The van der Waals surface area contributed by atoms with Crippen molar-refractivity contribution < 1.29 is 22.7 Å². The molecule has 2 saturated heterocycles. The molecule has 0 aromatic heterocycles. The summed E-state index contributed by atoms with van der Waals surface area (Å²) in [6.45, 7) is 9.29. The average Bonchev–Trinajstić information content (AvgIpc) is 3.20. The molecule has 2 aliphatic heterocycles.